The van der Waals surface area contributed by atoms with Crippen molar-refractivity contribution in [3.05, 3.63) is 58.4 Å². The van der Waals surface area contributed by atoms with Crippen LogP contribution in [0.15, 0.2) is 35.2 Å². The standard InChI is InChI=1S/C22H23ClF3NO4S/c1-12-3-4-13(7-8-31-2)21(12)32(29,30)19-9-14(5-6-16(19)23)22(28)27-15-10-17(24)20(26)18(25)11-15/h5-6,9-13,21H,3-4,7-8H2,1-2H3,(H,27,28)/t12?,13-,21?/m0/s1. The van der Waals surface area contributed by atoms with Gasteiger partial charge in [0, 0.05) is 37.1 Å². The molecule has 0 heterocycles. The lowest BCUT2D eigenvalue weighted by molar-refractivity contribution is 0.102. The molecule has 5 nitrogen and oxygen atoms in total. The van der Waals surface area contributed by atoms with Crippen molar-refractivity contribution in [2.75, 3.05) is 19.0 Å². The van der Waals surface area contributed by atoms with Gasteiger partial charge in [-0.25, -0.2) is 21.6 Å². The molecule has 174 valence electrons. The SMILES string of the molecule is COCC[C@@H]1CCC(C)C1S(=O)(=O)c1cc(C(=O)Nc2cc(F)c(F)c(F)c2)ccc1Cl. The second-order valence-corrected chi connectivity index (χ2v) is 10.4. The Labute approximate surface area is 189 Å². The van der Waals surface area contributed by atoms with Crippen molar-refractivity contribution in [2.24, 2.45) is 11.8 Å². The van der Waals surface area contributed by atoms with Gasteiger partial charge in [0.15, 0.2) is 27.3 Å². The Morgan fingerprint density at radius 2 is 1.81 bits per heavy atom. The molecular weight excluding hydrogens is 467 g/mol. The third kappa shape index (κ3) is 4.94. The van der Waals surface area contributed by atoms with Gasteiger partial charge in [-0.1, -0.05) is 18.5 Å². The van der Waals surface area contributed by atoms with Crippen molar-refractivity contribution in [1.29, 1.82) is 0 Å². The number of carbonyl (C=O) groups is 1. The molecular formula is C22H23ClF3NO4S. The number of ether oxygens (including phenoxy) is 1. The van der Waals surface area contributed by atoms with Gasteiger partial charge < -0.3 is 10.1 Å². The van der Waals surface area contributed by atoms with Crippen LogP contribution in [0.3, 0.4) is 0 Å². The van der Waals surface area contributed by atoms with Crippen LogP contribution >= 0.6 is 11.6 Å². The van der Waals surface area contributed by atoms with Crippen LogP contribution in [0.4, 0.5) is 18.9 Å². The summed E-state index contributed by atoms with van der Waals surface area (Å²) in [7, 11) is -2.33. The van der Waals surface area contributed by atoms with Gasteiger partial charge in [-0.05, 0) is 49.3 Å². The summed E-state index contributed by atoms with van der Waals surface area (Å²) in [5, 5.41) is 1.54. The minimum absolute atomic E-state index is 0.0231. The van der Waals surface area contributed by atoms with Crippen LogP contribution in [-0.2, 0) is 14.6 Å². The molecule has 0 spiro atoms. The molecule has 10 heteroatoms. The van der Waals surface area contributed by atoms with Crippen molar-refractivity contribution < 1.29 is 31.1 Å². The highest BCUT2D eigenvalue weighted by Crippen LogP contribution is 2.42. The Hall–Kier alpha value is -2.10. The number of amides is 1. The maximum absolute atomic E-state index is 13.5. The van der Waals surface area contributed by atoms with Crippen molar-refractivity contribution in [1.82, 2.24) is 0 Å². The third-order valence-electron chi connectivity index (χ3n) is 5.81. The van der Waals surface area contributed by atoms with Gasteiger partial charge in [0.2, 0.25) is 0 Å². The lowest BCUT2D eigenvalue weighted by Gasteiger charge is -2.24. The van der Waals surface area contributed by atoms with Gasteiger partial charge in [-0.3, -0.25) is 4.79 Å². The molecule has 32 heavy (non-hydrogen) atoms. The zero-order chi connectivity index (χ0) is 23.6. The molecule has 2 aromatic carbocycles. The summed E-state index contributed by atoms with van der Waals surface area (Å²) in [6.07, 6.45) is 2.08. The Morgan fingerprint density at radius 3 is 2.44 bits per heavy atom. The zero-order valence-corrected chi connectivity index (χ0v) is 19.1. The Morgan fingerprint density at radius 1 is 1.16 bits per heavy atom. The molecule has 1 N–H and O–H groups in total. The number of halogens is 4. The minimum Gasteiger partial charge on any atom is -0.385 e. The van der Waals surface area contributed by atoms with Crippen molar-refractivity contribution >= 4 is 33.0 Å². The summed E-state index contributed by atoms with van der Waals surface area (Å²) in [5.41, 5.74) is -0.382. The van der Waals surface area contributed by atoms with E-state index in [-0.39, 0.29) is 33.0 Å². The first-order valence-electron chi connectivity index (χ1n) is 10.0. The van der Waals surface area contributed by atoms with Crippen molar-refractivity contribution in [2.45, 2.75) is 36.3 Å². The number of methoxy groups -OCH3 is 1. The number of rotatable bonds is 7. The fourth-order valence-corrected chi connectivity index (χ4v) is 7.14. The van der Waals surface area contributed by atoms with E-state index in [1.165, 1.54) is 12.1 Å². The van der Waals surface area contributed by atoms with Crippen LogP contribution in [0, 0.1) is 29.3 Å². The third-order valence-corrected chi connectivity index (χ3v) is 8.77. The topological polar surface area (TPSA) is 72.5 Å². The maximum atomic E-state index is 13.5. The predicted octanol–water partition coefficient (Wildman–Crippen LogP) is 5.23. The van der Waals surface area contributed by atoms with Crippen LogP contribution in [0.5, 0.6) is 0 Å². The van der Waals surface area contributed by atoms with E-state index in [1.54, 1.807) is 7.11 Å². The number of sulfone groups is 1. The smallest absolute Gasteiger partial charge is 0.255 e. The highest BCUT2D eigenvalue weighted by Gasteiger charge is 2.43. The van der Waals surface area contributed by atoms with E-state index in [1.807, 2.05) is 6.92 Å². The van der Waals surface area contributed by atoms with Crippen LogP contribution in [-0.4, -0.2) is 33.3 Å². The average Bonchev–Trinajstić information content (AvgIpc) is 3.11. The van der Waals surface area contributed by atoms with Crippen LogP contribution in [0.2, 0.25) is 5.02 Å². The predicted molar refractivity (Wildman–Crippen MR) is 115 cm³/mol. The Bertz CT molecular complexity index is 1100. The lowest BCUT2D eigenvalue weighted by Crippen LogP contribution is -2.31. The molecule has 0 bridgehead atoms. The zero-order valence-electron chi connectivity index (χ0n) is 17.5. The van der Waals surface area contributed by atoms with Gasteiger partial charge in [-0.15, -0.1) is 0 Å². The molecule has 1 amide bonds. The Kier molecular flexibility index (Phi) is 7.52. The van der Waals surface area contributed by atoms with E-state index in [0.717, 1.165) is 18.9 Å². The highest BCUT2D eigenvalue weighted by molar-refractivity contribution is 7.92. The van der Waals surface area contributed by atoms with E-state index in [9.17, 15) is 26.4 Å². The quantitative estimate of drug-likeness (QED) is 0.540. The van der Waals surface area contributed by atoms with Gasteiger partial charge >= 0.3 is 0 Å². The summed E-state index contributed by atoms with van der Waals surface area (Å²) in [6, 6.07) is 5.00. The second-order valence-electron chi connectivity index (χ2n) is 7.96. The molecule has 1 fully saturated rings. The molecule has 0 saturated heterocycles. The van der Waals surface area contributed by atoms with E-state index >= 15 is 0 Å². The van der Waals surface area contributed by atoms with Crippen molar-refractivity contribution in [3.8, 4) is 0 Å². The van der Waals surface area contributed by atoms with E-state index in [2.05, 4.69) is 5.32 Å². The normalized spacial score (nSPS) is 21.0. The summed E-state index contributed by atoms with van der Waals surface area (Å²) in [6.45, 7) is 2.31. The van der Waals surface area contributed by atoms with E-state index < -0.39 is 38.4 Å². The average molecular weight is 490 g/mol. The molecule has 2 aromatic rings. The van der Waals surface area contributed by atoms with Gasteiger partial charge in [0.05, 0.1) is 15.2 Å². The van der Waals surface area contributed by atoms with Gasteiger partial charge in [0.25, 0.3) is 5.91 Å². The molecule has 3 rings (SSSR count). The number of hydrogen-bond acceptors (Lipinski definition) is 4. The molecule has 3 atom stereocenters. The van der Waals surface area contributed by atoms with Crippen LogP contribution in [0.1, 0.15) is 36.5 Å². The first-order chi connectivity index (χ1) is 15.1. The number of hydrogen-bond donors (Lipinski definition) is 1. The second kappa shape index (κ2) is 9.80. The number of carbonyl (C=O) groups excluding carboxylic acids is 1. The first kappa shape index (κ1) is 24.5. The van der Waals surface area contributed by atoms with E-state index in [4.69, 9.17) is 16.3 Å². The fourth-order valence-electron chi connectivity index (χ4n) is 4.25. The largest absolute Gasteiger partial charge is 0.385 e. The molecule has 0 aliphatic heterocycles. The first-order valence-corrected chi connectivity index (χ1v) is 12.0. The monoisotopic (exact) mass is 489 g/mol. The summed E-state index contributed by atoms with van der Waals surface area (Å²) >= 11 is 6.21. The van der Waals surface area contributed by atoms with Crippen LogP contribution < -0.4 is 5.32 Å². The van der Waals surface area contributed by atoms with Gasteiger partial charge in [-0.2, -0.15) is 0 Å². The molecule has 1 aliphatic rings. The summed E-state index contributed by atoms with van der Waals surface area (Å²) < 4.78 is 72.1. The fraction of sp³-hybridized carbons (Fsp3) is 0.409. The summed E-state index contributed by atoms with van der Waals surface area (Å²) in [4.78, 5) is 12.4. The number of anilines is 1. The number of benzene rings is 2. The molecule has 0 aromatic heterocycles. The lowest BCUT2D eigenvalue weighted by atomic mass is 10.0. The molecule has 1 saturated carbocycles. The van der Waals surface area contributed by atoms with Gasteiger partial charge in [0.1, 0.15) is 0 Å². The highest BCUT2D eigenvalue weighted by atomic mass is 35.5. The molecule has 1 aliphatic carbocycles. The summed E-state index contributed by atoms with van der Waals surface area (Å²) in [5.74, 6) is -5.60. The minimum atomic E-state index is -3.88. The Balaban J connectivity index is 1.91. The van der Waals surface area contributed by atoms with E-state index in [0.29, 0.717) is 25.2 Å². The maximum Gasteiger partial charge on any atom is 0.255 e. The van der Waals surface area contributed by atoms with Crippen molar-refractivity contribution in [3.63, 3.8) is 0 Å². The molecule has 2 unspecified atom stereocenters. The number of nitrogens with one attached hydrogen (secondary N) is 1. The molecule has 0 radical (unpaired) electrons. The van der Waals surface area contributed by atoms with Crippen LogP contribution in [0.25, 0.3) is 0 Å².